The molecule has 3 nitrogen and oxygen atoms in total. The minimum Gasteiger partial charge on any atom is -0.497 e. The quantitative estimate of drug-likeness (QED) is 0.901. The third-order valence-corrected chi connectivity index (χ3v) is 4.66. The molecule has 0 amide bonds. The molecule has 1 unspecified atom stereocenters. The van der Waals surface area contributed by atoms with Gasteiger partial charge in [-0.05, 0) is 25.8 Å². The third-order valence-electron chi connectivity index (χ3n) is 4.66. The summed E-state index contributed by atoms with van der Waals surface area (Å²) < 4.78 is 19.4. The number of halogens is 1. The summed E-state index contributed by atoms with van der Waals surface area (Å²) in [5, 5.41) is 3.58. The number of piperazine rings is 1. The van der Waals surface area contributed by atoms with Gasteiger partial charge in [0.25, 0.3) is 0 Å². The van der Waals surface area contributed by atoms with Gasteiger partial charge < -0.3 is 10.1 Å². The monoisotopic (exact) mass is 294 g/mol. The van der Waals surface area contributed by atoms with Gasteiger partial charge in [0.1, 0.15) is 11.6 Å². The van der Waals surface area contributed by atoms with Gasteiger partial charge in [0.2, 0.25) is 0 Å². The Labute approximate surface area is 127 Å². The Balaban J connectivity index is 2.21. The van der Waals surface area contributed by atoms with E-state index in [1.54, 1.807) is 7.11 Å². The van der Waals surface area contributed by atoms with Gasteiger partial charge in [0.15, 0.2) is 0 Å². The first-order valence-electron chi connectivity index (χ1n) is 7.93. The molecular formula is C17H27FN2O. The summed E-state index contributed by atoms with van der Waals surface area (Å²) >= 11 is 0. The van der Waals surface area contributed by atoms with E-state index in [9.17, 15) is 4.39 Å². The Morgan fingerprint density at radius 2 is 2.14 bits per heavy atom. The molecule has 0 bridgehead atoms. The second kappa shape index (κ2) is 7.23. The lowest BCUT2D eigenvalue weighted by molar-refractivity contribution is 0.0834. The van der Waals surface area contributed by atoms with Crippen molar-refractivity contribution in [2.24, 2.45) is 0 Å². The molecule has 4 heteroatoms. The molecule has 1 aliphatic rings. The number of benzene rings is 1. The number of ether oxygens (including phenoxy) is 1. The number of hydrogen-bond acceptors (Lipinski definition) is 3. The highest BCUT2D eigenvalue weighted by molar-refractivity contribution is 5.30. The topological polar surface area (TPSA) is 24.5 Å². The van der Waals surface area contributed by atoms with Gasteiger partial charge in [-0.15, -0.1) is 0 Å². The van der Waals surface area contributed by atoms with Crippen LogP contribution in [0, 0.1) is 5.82 Å². The zero-order valence-electron chi connectivity index (χ0n) is 13.5. The molecule has 1 aliphatic heterocycles. The first-order valence-corrected chi connectivity index (χ1v) is 7.93. The lowest BCUT2D eigenvalue weighted by atomic mass is 9.98. The Morgan fingerprint density at radius 1 is 1.38 bits per heavy atom. The van der Waals surface area contributed by atoms with Crippen LogP contribution < -0.4 is 10.1 Å². The first-order chi connectivity index (χ1) is 10.1. The van der Waals surface area contributed by atoms with E-state index in [4.69, 9.17) is 4.74 Å². The van der Waals surface area contributed by atoms with E-state index in [0.29, 0.717) is 17.8 Å². The number of rotatable bonds is 5. The smallest absolute Gasteiger partial charge is 0.131 e. The fourth-order valence-corrected chi connectivity index (χ4v) is 3.17. The average Bonchev–Trinajstić information content (AvgIpc) is 2.53. The Kier molecular flexibility index (Phi) is 5.59. The van der Waals surface area contributed by atoms with E-state index in [1.807, 2.05) is 12.1 Å². The van der Waals surface area contributed by atoms with Crippen LogP contribution in [0.25, 0.3) is 0 Å². The van der Waals surface area contributed by atoms with Gasteiger partial charge in [-0.1, -0.05) is 19.9 Å². The highest BCUT2D eigenvalue weighted by atomic mass is 19.1. The maximum absolute atomic E-state index is 14.3. The van der Waals surface area contributed by atoms with E-state index in [0.717, 1.165) is 31.5 Å². The van der Waals surface area contributed by atoms with Crippen molar-refractivity contribution in [3.8, 4) is 5.75 Å². The lowest BCUT2D eigenvalue weighted by Gasteiger charge is -2.43. The van der Waals surface area contributed by atoms with Crippen molar-refractivity contribution in [3.63, 3.8) is 0 Å². The number of methoxy groups -OCH3 is 1. The maximum Gasteiger partial charge on any atom is 0.131 e. The minimum absolute atomic E-state index is 0.0806. The molecule has 21 heavy (non-hydrogen) atoms. The van der Waals surface area contributed by atoms with Crippen LogP contribution in [0.4, 0.5) is 4.39 Å². The van der Waals surface area contributed by atoms with Gasteiger partial charge in [0, 0.05) is 42.8 Å². The number of hydrogen-bond donors (Lipinski definition) is 1. The van der Waals surface area contributed by atoms with Crippen LogP contribution in [0.2, 0.25) is 0 Å². The molecule has 0 aromatic heterocycles. The normalized spacial score (nSPS) is 24.8. The van der Waals surface area contributed by atoms with Crippen LogP contribution in [-0.2, 0) is 0 Å². The van der Waals surface area contributed by atoms with Gasteiger partial charge in [-0.2, -0.15) is 0 Å². The molecule has 0 saturated carbocycles. The van der Waals surface area contributed by atoms with Crippen LogP contribution >= 0.6 is 0 Å². The summed E-state index contributed by atoms with van der Waals surface area (Å²) in [6.45, 7) is 8.45. The molecule has 1 heterocycles. The molecule has 1 aromatic rings. The Bertz CT molecular complexity index is 466. The molecule has 1 saturated heterocycles. The first kappa shape index (κ1) is 16.2. The Hall–Kier alpha value is -1.13. The van der Waals surface area contributed by atoms with Gasteiger partial charge in [-0.25, -0.2) is 4.39 Å². The minimum atomic E-state index is -0.178. The molecule has 1 N–H and O–H groups in total. The lowest BCUT2D eigenvalue weighted by Crippen LogP contribution is -2.56. The van der Waals surface area contributed by atoms with Gasteiger partial charge >= 0.3 is 0 Å². The van der Waals surface area contributed by atoms with Crippen LogP contribution in [0.15, 0.2) is 18.2 Å². The van der Waals surface area contributed by atoms with E-state index >= 15 is 0 Å². The molecule has 0 radical (unpaired) electrons. The predicted molar refractivity (Wildman–Crippen MR) is 84.2 cm³/mol. The summed E-state index contributed by atoms with van der Waals surface area (Å²) in [7, 11) is 1.56. The molecule has 1 fully saturated rings. The van der Waals surface area contributed by atoms with Crippen molar-refractivity contribution in [3.05, 3.63) is 29.6 Å². The molecule has 0 spiro atoms. The van der Waals surface area contributed by atoms with Crippen molar-refractivity contribution in [1.29, 1.82) is 0 Å². The summed E-state index contributed by atoms with van der Waals surface area (Å²) in [5.74, 6) is 0.394. The van der Waals surface area contributed by atoms with Crippen LogP contribution in [-0.4, -0.2) is 37.2 Å². The van der Waals surface area contributed by atoms with Gasteiger partial charge in [0.05, 0.1) is 7.11 Å². The van der Waals surface area contributed by atoms with Crippen LogP contribution in [0.1, 0.15) is 45.2 Å². The maximum atomic E-state index is 14.3. The average molecular weight is 294 g/mol. The SMILES string of the molecule is CC[C@H]1CN(C(C)c2ccc(OC)cc2F)[C@H](CC)CN1. The van der Waals surface area contributed by atoms with Crippen LogP contribution in [0.3, 0.4) is 0 Å². The summed E-state index contributed by atoms with van der Waals surface area (Å²) in [6, 6.07) is 6.22. The zero-order valence-corrected chi connectivity index (χ0v) is 13.5. The summed E-state index contributed by atoms with van der Waals surface area (Å²) in [5.41, 5.74) is 0.756. The van der Waals surface area contributed by atoms with Crippen molar-refractivity contribution < 1.29 is 9.13 Å². The molecule has 3 atom stereocenters. The predicted octanol–water partition coefficient (Wildman–Crippen LogP) is 3.36. The molecule has 2 rings (SSSR count). The van der Waals surface area contributed by atoms with Crippen molar-refractivity contribution in [1.82, 2.24) is 10.2 Å². The Morgan fingerprint density at radius 3 is 2.71 bits per heavy atom. The third kappa shape index (κ3) is 3.55. The van der Waals surface area contributed by atoms with E-state index in [2.05, 4.69) is 31.0 Å². The summed E-state index contributed by atoms with van der Waals surface area (Å²) in [6.07, 6.45) is 2.18. The van der Waals surface area contributed by atoms with Crippen molar-refractivity contribution in [2.45, 2.75) is 51.7 Å². The fraction of sp³-hybridized carbons (Fsp3) is 0.647. The molecule has 0 aliphatic carbocycles. The molecular weight excluding hydrogens is 267 g/mol. The molecule has 118 valence electrons. The van der Waals surface area contributed by atoms with E-state index in [-0.39, 0.29) is 11.9 Å². The number of nitrogens with one attached hydrogen (secondary N) is 1. The van der Waals surface area contributed by atoms with Crippen molar-refractivity contribution >= 4 is 0 Å². The fourth-order valence-electron chi connectivity index (χ4n) is 3.17. The standard InChI is InChI=1S/C17H27FN2O/c1-5-13-11-20(14(6-2)10-19-13)12(3)16-8-7-15(21-4)9-17(16)18/h7-9,12-14,19H,5-6,10-11H2,1-4H3/t12?,13-,14+/m0/s1. The zero-order chi connectivity index (χ0) is 15.4. The highest BCUT2D eigenvalue weighted by Crippen LogP contribution is 2.29. The largest absolute Gasteiger partial charge is 0.497 e. The van der Waals surface area contributed by atoms with E-state index < -0.39 is 0 Å². The second-order valence-electron chi connectivity index (χ2n) is 5.84. The number of nitrogens with zero attached hydrogens (tertiary/aromatic N) is 1. The van der Waals surface area contributed by atoms with Gasteiger partial charge in [-0.3, -0.25) is 4.90 Å². The summed E-state index contributed by atoms with van der Waals surface area (Å²) in [4.78, 5) is 2.44. The molecule has 1 aromatic carbocycles. The van der Waals surface area contributed by atoms with Crippen molar-refractivity contribution in [2.75, 3.05) is 20.2 Å². The second-order valence-corrected chi connectivity index (χ2v) is 5.84. The highest BCUT2D eigenvalue weighted by Gasteiger charge is 2.31. The van der Waals surface area contributed by atoms with Crippen LogP contribution in [0.5, 0.6) is 5.75 Å². The van der Waals surface area contributed by atoms with E-state index in [1.165, 1.54) is 6.07 Å².